The first-order chi connectivity index (χ1) is 9.48. The van der Waals surface area contributed by atoms with Crippen LogP contribution < -0.4 is 0 Å². The van der Waals surface area contributed by atoms with Crippen LogP contribution in [0.3, 0.4) is 0 Å². The van der Waals surface area contributed by atoms with E-state index in [0.29, 0.717) is 32.6 Å². The fourth-order valence-corrected chi connectivity index (χ4v) is 3.82. The molecule has 1 atom stereocenters. The first-order valence-electron chi connectivity index (χ1n) is 6.82. The number of likely N-dealkylation sites (N-methyl/N-ethyl adjacent to an activating group) is 1. The van der Waals surface area contributed by atoms with Crippen molar-refractivity contribution in [2.75, 3.05) is 33.3 Å². The first kappa shape index (κ1) is 15.4. The Morgan fingerprint density at radius 2 is 2.20 bits per heavy atom. The first-order valence-corrected chi connectivity index (χ1v) is 8.26. The van der Waals surface area contributed by atoms with Gasteiger partial charge in [0.2, 0.25) is 10.0 Å². The minimum absolute atomic E-state index is 0.0599. The molecule has 0 aromatic carbocycles. The monoisotopic (exact) mass is 302 g/mol. The lowest BCUT2D eigenvalue weighted by molar-refractivity contribution is 0.120. The van der Waals surface area contributed by atoms with E-state index in [1.165, 1.54) is 10.5 Å². The van der Waals surface area contributed by atoms with Crippen molar-refractivity contribution in [3.05, 3.63) is 12.4 Å². The standard InChI is InChI=1S/C12H22N4O3S/c1-3-15-10-12(8-13-15)20(18,19)16-6-5-14(2)11(9-16)4-7-17/h8,10-11,17H,3-7,9H2,1-2H3. The minimum Gasteiger partial charge on any atom is -0.396 e. The van der Waals surface area contributed by atoms with Crippen LogP contribution in [0.2, 0.25) is 0 Å². The predicted octanol–water partition coefficient (Wildman–Crippen LogP) is -0.410. The van der Waals surface area contributed by atoms with Crippen molar-refractivity contribution in [1.29, 1.82) is 0 Å². The van der Waals surface area contributed by atoms with Gasteiger partial charge in [0.25, 0.3) is 0 Å². The van der Waals surface area contributed by atoms with Crippen molar-refractivity contribution >= 4 is 10.0 Å². The largest absolute Gasteiger partial charge is 0.396 e. The molecule has 1 aromatic heterocycles. The Labute approximate surface area is 119 Å². The highest BCUT2D eigenvalue weighted by Gasteiger charge is 2.33. The maximum Gasteiger partial charge on any atom is 0.246 e. The fraction of sp³-hybridized carbons (Fsp3) is 0.750. The zero-order valence-corrected chi connectivity index (χ0v) is 12.8. The van der Waals surface area contributed by atoms with Crippen molar-refractivity contribution in [2.45, 2.75) is 30.8 Å². The second kappa shape index (κ2) is 6.21. The molecule has 1 aromatic rings. The average molecular weight is 302 g/mol. The van der Waals surface area contributed by atoms with Crippen LogP contribution >= 0.6 is 0 Å². The average Bonchev–Trinajstić information content (AvgIpc) is 2.91. The number of piperazine rings is 1. The van der Waals surface area contributed by atoms with Gasteiger partial charge in [0.05, 0.1) is 6.20 Å². The van der Waals surface area contributed by atoms with Crippen molar-refractivity contribution in [2.24, 2.45) is 0 Å². The van der Waals surface area contributed by atoms with Crippen molar-refractivity contribution in [3.8, 4) is 0 Å². The molecule has 0 aliphatic carbocycles. The van der Waals surface area contributed by atoms with E-state index >= 15 is 0 Å². The molecule has 1 aliphatic heterocycles. The molecule has 2 rings (SSSR count). The second-order valence-corrected chi connectivity index (χ2v) is 6.98. The maximum atomic E-state index is 12.6. The number of hydrogen-bond donors (Lipinski definition) is 1. The van der Waals surface area contributed by atoms with E-state index in [1.807, 2.05) is 14.0 Å². The van der Waals surface area contributed by atoms with Gasteiger partial charge in [-0.05, 0) is 20.4 Å². The minimum atomic E-state index is -3.48. The van der Waals surface area contributed by atoms with Gasteiger partial charge in [-0.2, -0.15) is 9.40 Å². The van der Waals surface area contributed by atoms with E-state index in [4.69, 9.17) is 5.11 Å². The highest BCUT2D eigenvalue weighted by atomic mass is 32.2. The summed E-state index contributed by atoms with van der Waals surface area (Å²) in [4.78, 5) is 2.34. The summed E-state index contributed by atoms with van der Waals surface area (Å²) in [5.41, 5.74) is 0. The molecule has 0 saturated carbocycles. The summed E-state index contributed by atoms with van der Waals surface area (Å²) in [5, 5.41) is 13.1. The molecular formula is C12H22N4O3S. The van der Waals surface area contributed by atoms with Gasteiger partial charge in [0, 0.05) is 45.0 Å². The van der Waals surface area contributed by atoms with Gasteiger partial charge in [-0.25, -0.2) is 8.42 Å². The Morgan fingerprint density at radius 3 is 2.80 bits per heavy atom. The zero-order valence-electron chi connectivity index (χ0n) is 11.9. The number of sulfonamides is 1. The van der Waals surface area contributed by atoms with Crippen LogP contribution in [0, 0.1) is 0 Å². The number of nitrogens with zero attached hydrogens (tertiary/aromatic N) is 4. The van der Waals surface area contributed by atoms with Gasteiger partial charge in [0.1, 0.15) is 4.90 Å². The van der Waals surface area contributed by atoms with Crippen molar-refractivity contribution in [1.82, 2.24) is 19.0 Å². The molecule has 1 aliphatic rings. The number of aryl methyl sites for hydroxylation is 1. The van der Waals surface area contributed by atoms with Crippen LogP contribution in [0.4, 0.5) is 0 Å². The van der Waals surface area contributed by atoms with E-state index in [0.717, 1.165) is 0 Å². The number of aromatic nitrogens is 2. The molecule has 0 amide bonds. The van der Waals surface area contributed by atoms with Gasteiger partial charge >= 0.3 is 0 Å². The molecule has 1 N–H and O–H groups in total. The van der Waals surface area contributed by atoms with E-state index < -0.39 is 10.0 Å². The number of hydrogen-bond acceptors (Lipinski definition) is 5. The Balaban J connectivity index is 2.17. The third kappa shape index (κ3) is 3.03. The summed E-state index contributed by atoms with van der Waals surface area (Å²) in [6, 6.07) is 0.0599. The van der Waals surface area contributed by atoms with Crippen LogP contribution in [-0.4, -0.2) is 71.8 Å². The summed E-state index contributed by atoms with van der Waals surface area (Å²) < 4.78 is 28.2. The Morgan fingerprint density at radius 1 is 1.45 bits per heavy atom. The smallest absolute Gasteiger partial charge is 0.246 e. The molecule has 114 valence electrons. The molecule has 1 saturated heterocycles. The molecule has 1 unspecified atom stereocenters. The summed E-state index contributed by atoms with van der Waals surface area (Å²) in [5.74, 6) is 0. The van der Waals surface area contributed by atoms with E-state index in [-0.39, 0.29) is 17.5 Å². The van der Waals surface area contributed by atoms with Crippen LogP contribution in [0.25, 0.3) is 0 Å². The Kier molecular flexibility index (Phi) is 4.79. The molecule has 7 nitrogen and oxygen atoms in total. The van der Waals surface area contributed by atoms with Crippen molar-refractivity contribution < 1.29 is 13.5 Å². The lowest BCUT2D eigenvalue weighted by Crippen LogP contribution is -2.53. The number of aliphatic hydroxyl groups is 1. The SMILES string of the molecule is CCn1cc(S(=O)(=O)N2CCN(C)C(CCO)C2)cn1. The van der Waals surface area contributed by atoms with E-state index in [2.05, 4.69) is 10.00 Å². The predicted molar refractivity (Wildman–Crippen MR) is 74.8 cm³/mol. The zero-order chi connectivity index (χ0) is 14.8. The molecule has 1 fully saturated rings. The number of aliphatic hydroxyl groups excluding tert-OH is 1. The third-order valence-corrected chi connectivity index (χ3v) is 5.59. The molecule has 0 radical (unpaired) electrons. The summed E-state index contributed by atoms with van der Waals surface area (Å²) in [7, 11) is -1.53. The third-order valence-electron chi connectivity index (χ3n) is 3.77. The van der Waals surface area contributed by atoms with Gasteiger partial charge in [0.15, 0.2) is 0 Å². The highest BCUT2D eigenvalue weighted by Crippen LogP contribution is 2.20. The maximum absolute atomic E-state index is 12.6. The Hall–Kier alpha value is -0.960. The van der Waals surface area contributed by atoms with Gasteiger partial charge in [-0.1, -0.05) is 0 Å². The Bertz CT molecular complexity index is 543. The van der Waals surface area contributed by atoms with Gasteiger partial charge < -0.3 is 10.0 Å². The lowest BCUT2D eigenvalue weighted by Gasteiger charge is -2.38. The quantitative estimate of drug-likeness (QED) is 0.800. The molecule has 20 heavy (non-hydrogen) atoms. The normalized spacial score (nSPS) is 22.2. The van der Waals surface area contributed by atoms with Crippen molar-refractivity contribution in [3.63, 3.8) is 0 Å². The summed E-state index contributed by atoms with van der Waals surface area (Å²) in [6.07, 6.45) is 3.55. The van der Waals surface area contributed by atoms with Gasteiger partial charge in [-0.15, -0.1) is 0 Å². The molecule has 8 heteroatoms. The van der Waals surface area contributed by atoms with Crippen LogP contribution in [0.15, 0.2) is 17.3 Å². The summed E-state index contributed by atoms with van der Waals surface area (Å²) in [6.45, 7) is 4.18. The van der Waals surface area contributed by atoms with Crippen LogP contribution in [0.1, 0.15) is 13.3 Å². The van der Waals surface area contributed by atoms with E-state index in [1.54, 1.807) is 10.9 Å². The number of rotatable bonds is 5. The molecule has 2 heterocycles. The molecular weight excluding hydrogens is 280 g/mol. The fourth-order valence-electron chi connectivity index (χ4n) is 2.40. The molecule has 0 bridgehead atoms. The highest BCUT2D eigenvalue weighted by molar-refractivity contribution is 7.89. The van der Waals surface area contributed by atoms with Crippen LogP contribution in [0.5, 0.6) is 0 Å². The van der Waals surface area contributed by atoms with Gasteiger partial charge in [-0.3, -0.25) is 4.68 Å². The van der Waals surface area contributed by atoms with Crippen LogP contribution in [-0.2, 0) is 16.6 Å². The molecule has 0 spiro atoms. The second-order valence-electron chi connectivity index (χ2n) is 5.04. The summed E-state index contributed by atoms with van der Waals surface area (Å²) >= 11 is 0. The lowest BCUT2D eigenvalue weighted by atomic mass is 10.1. The topological polar surface area (TPSA) is 78.7 Å². The van der Waals surface area contributed by atoms with E-state index in [9.17, 15) is 8.42 Å².